The van der Waals surface area contributed by atoms with E-state index >= 15 is 0 Å². The molecule has 0 radical (unpaired) electrons. The molecule has 0 aliphatic rings. The Morgan fingerprint density at radius 1 is 0.348 bits per heavy atom. The molecule has 2 heteroatoms. The number of nitrogens with zero attached hydrogens (tertiary/aromatic N) is 1. The molecular formula is C44H29NO. The van der Waals surface area contributed by atoms with Gasteiger partial charge < -0.3 is 9.32 Å². The molecule has 0 N–H and O–H groups in total. The summed E-state index contributed by atoms with van der Waals surface area (Å²) in [5, 5.41) is 7.18. The minimum absolute atomic E-state index is 0.900. The number of rotatable bonds is 5. The molecular weight excluding hydrogens is 558 g/mol. The molecule has 8 aromatic carbocycles. The van der Waals surface area contributed by atoms with E-state index in [0.717, 1.165) is 50.1 Å². The molecule has 216 valence electrons. The maximum atomic E-state index is 6.55. The number of benzene rings is 8. The molecule has 0 atom stereocenters. The Bertz CT molecular complexity index is 2530. The Morgan fingerprint density at radius 2 is 0.978 bits per heavy atom. The van der Waals surface area contributed by atoms with Crippen LogP contribution in [0.4, 0.5) is 17.1 Å². The number of furan rings is 1. The van der Waals surface area contributed by atoms with E-state index in [4.69, 9.17) is 4.42 Å². The number of hydrogen-bond donors (Lipinski definition) is 0. The number of fused-ring (bicyclic) bond motifs is 6. The molecule has 0 aliphatic heterocycles. The van der Waals surface area contributed by atoms with Crippen molar-refractivity contribution in [2.45, 2.75) is 0 Å². The molecule has 0 bridgehead atoms. The summed E-state index contributed by atoms with van der Waals surface area (Å²) in [7, 11) is 0. The van der Waals surface area contributed by atoms with Crippen LogP contribution in [0.3, 0.4) is 0 Å². The van der Waals surface area contributed by atoms with Crippen molar-refractivity contribution in [3.63, 3.8) is 0 Å². The van der Waals surface area contributed by atoms with Gasteiger partial charge in [-0.3, -0.25) is 0 Å². The molecule has 1 aromatic heterocycles. The maximum Gasteiger partial charge on any atom is 0.143 e. The lowest BCUT2D eigenvalue weighted by Crippen LogP contribution is -2.11. The summed E-state index contributed by atoms with van der Waals surface area (Å²) in [6, 6.07) is 62.7. The highest BCUT2D eigenvalue weighted by Gasteiger charge is 2.22. The maximum absolute atomic E-state index is 6.55. The van der Waals surface area contributed by atoms with E-state index in [9.17, 15) is 0 Å². The molecule has 0 unspecified atom stereocenters. The van der Waals surface area contributed by atoms with Crippen molar-refractivity contribution in [2.24, 2.45) is 0 Å². The first-order valence-electron chi connectivity index (χ1n) is 15.7. The summed E-state index contributed by atoms with van der Waals surface area (Å²) in [4.78, 5) is 2.41. The molecule has 46 heavy (non-hydrogen) atoms. The van der Waals surface area contributed by atoms with E-state index in [2.05, 4.69) is 169 Å². The molecule has 9 rings (SSSR count). The quantitative estimate of drug-likeness (QED) is 0.186. The normalized spacial score (nSPS) is 11.5. The predicted octanol–water partition coefficient (Wildman–Crippen LogP) is 12.7. The second-order valence-corrected chi connectivity index (χ2v) is 11.7. The SMILES string of the molecule is c1ccc(-c2ccc(N(c3ccccc3-c3cccc4c3oc3ccccc34)c3cccc4c3ccc3ccccc34)cc2)cc1. The first-order chi connectivity index (χ1) is 22.8. The zero-order chi connectivity index (χ0) is 30.5. The smallest absolute Gasteiger partial charge is 0.143 e. The van der Waals surface area contributed by atoms with Gasteiger partial charge in [-0.2, -0.15) is 0 Å². The van der Waals surface area contributed by atoms with Crippen molar-refractivity contribution in [1.29, 1.82) is 0 Å². The number of anilines is 3. The first kappa shape index (κ1) is 26.3. The van der Waals surface area contributed by atoms with Crippen LogP contribution in [0, 0.1) is 0 Å². The topological polar surface area (TPSA) is 16.4 Å². The van der Waals surface area contributed by atoms with Gasteiger partial charge in [0, 0.05) is 33.0 Å². The Morgan fingerprint density at radius 3 is 1.87 bits per heavy atom. The van der Waals surface area contributed by atoms with Crippen molar-refractivity contribution in [3.8, 4) is 22.3 Å². The van der Waals surface area contributed by atoms with Crippen LogP contribution in [0.15, 0.2) is 180 Å². The monoisotopic (exact) mass is 587 g/mol. The zero-order valence-electron chi connectivity index (χ0n) is 25.1. The molecule has 0 fully saturated rings. The highest BCUT2D eigenvalue weighted by Crippen LogP contribution is 2.46. The van der Waals surface area contributed by atoms with Crippen LogP contribution < -0.4 is 4.90 Å². The van der Waals surface area contributed by atoms with E-state index in [1.165, 1.54) is 32.7 Å². The van der Waals surface area contributed by atoms with Gasteiger partial charge in [0.25, 0.3) is 0 Å². The summed E-state index contributed by atoms with van der Waals surface area (Å²) < 4.78 is 6.55. The summed E-state index contributed by atoms with van der Waals surface area (Å²) in [6.07, 6.45) is 0. The van der Waals surface area contributed by atoms with Gasteiger partial charge >= 0.3 is 0 Å². The van der Waals surface area contributed by atoms with E-state index in [-0.39, 0.29) is 0 Å². The van der Waals surface area contributed by atoms with Gasteiger partial charge in [0.05, 0.1) is 11.4 Å². The fraction of sp³-hybridized carbons (Fsp3) is 0. The van der Waals surface area contributed by atoms with E-state index in [1.807, 2.05) is 12.1 Å². The minimum Gasteiger partial charge on any atom is -0.455 e. The zero-order valence-corrected chi connectivity index (χ0v) is 25.1. The first-order valence-corrected chi connectivity index (χ1v) is 15.7. The summed E-state index contributed by atoms with van der Waals surface area (Å²) >= 11 is 0. The van der Waals surface area contributed by atoms with Crippen molar-refractivity contribution in [3.05, 3.63) is 176 Å². The van der Waals surface area contributed by atoms with Gasteiger partial charge in [0.1, 0.15) is 11.2 Å². The fourth-order valence-electron chi connectivity index (χ4n) is 6.92. The molecule has 0 aliphatic carbocycles. The van der Waals surface area contributed by atoms with Gasteiger partial charge in [-0.15, -0.1) is 0 Å². The minimum atomic E-state index is 0.900. The van der Waals surface area contributed by atoms with Crippen molar-refractivity contribution in [2.75, 3.05) is 4.90 Å². The van der Waals surface area contributed by atoms with Crippen molar-refractivity contribution < 1.29 is 4.42 Å². The van der Waals surface area contributed by atoms with Gasteiger partial charge in [-0.1, -0.05) is 146 Å². The molecule has 1 heterocycles. The Kier molecular flexibility index (Phi) is 6.17. The molecule has 9 aromatic rings. The van der Waals surface area contributed by atoms with Crippen LogP contribution in [-0.2, 0) is 0 Å². The molecule has 0 saturated carbocycles. The van der Waals surface area contributed by atoms with Crippen molar-refractivity contribution in [1.82, 2.24) is 0 Å². The number of hydrogen-bond acceptors (Lipinski definition) is 2. The lowest BCUT2D eigenvalue weighted by atomic mass is 9.97. The van der Waals surface area contributed by atoms with Crippen molar-refractivity contribution >= 4 is 60.5 Å². The van der Waals surface area contributed by atoms with Crippen LogP contribution in [0.25, 0.3) is 65.7 Å². The largest absolute Gasteiger partial charge is 0.455 e. The lowest BCUT2D eigenvalue weighted by molar-refractivity contribution is 0.670. The van der Waals surface area contributed by atoms with E-state index < -0.39 is 0 Å². The third-order valence-corrected chi connectivity index (χ3v) is 9.08. The van der Waals surface area contributed by atoms with Gasteiger partial charge in [0.2, 0.25) is 0 Å². The molecule has 0 saturated heterocycles. The van der Waals surface area contributed by atoms with E-state index in [0.29, 0.717) is 0 Å². The number of para-hydroxylation sites is 3. The Labute approximate surface area is 267 Å². The van der Waals surface area contributed by atoms with Crippen LogP contribution in [-0.4, -0.2) is 0 Å². The van der Waals surface area contributed by atoms with Crippen LogP contribution >= 0.6 is 0 Å². The molecule has 2 nitrogen and oxygen atoms in total. The summed E-state index contributed by atoms with van der Waals surface area (Å²) in [5.74, 6) is 0. The van der Waals surface area contributed by atoms with Gasteiger partial charge in [0.15, 0.2) is 0 Å². The average molecular weight is 588 g/mol. The summed E-state index contributed by atoms with van der Waals surface area (Å²) in [6.45, 7) is 0. The fourth-order valence-corrected chi connectivity index (χ4v) is 6.92. The second kappa shape index (κ2) is 10.8. The highest BCUT2D eigenvalue weighted by molar-refractivity contribution is 6.14. The van der Waals surface area contributed by atoms with E-state index in [1.54, 1.807) is 0 Å². The third-order valence-electron chi connectivity index (χ3n) is 9.08. The Hall–Kier alpha value is -6.12. The predicted molar refractivity (Wildman–Crippen MR) is 194 cm³/mol. The molecule has 0 spiro atoms. The standard InChI is InChI=1S/C44H29NO/c1-2-12-30(13-3-1)31-24-27-33(28-25-31)45(42-22-11-18-35-34-15-5-4-14-32(34)26-29-37(35)42)41-21-8-6-16-36(41)39-19-10-20-40-38-17-7-9-23-43(38)46-44(39)40/h1-29H. The van der Waals surface area contributed by atoms with Crippen LogP contribution in [0.1, 0.15) is 0 Å². The Balaban J connectivity index is 1.31. The van der Waals surface area contributed by atoms with Gasteiger partial charge in [-0.05, 0) is 57.6 Å². The highest BCUT2D eigenvalue weighted by atomic mass is 16.3. The second-order valence-electron chi connectivity index (χ2n) is 11.7. The van der Waals surface area contributed by atoms with Gasteiger partial charge in [-0.25, -0.2) is 0 Å². The average Bonchev–Trinajstić information content (AvgIpc) is 3.52. The molecule has 0 amide bonds. The van der Waals surface area contributed by atoms with Crippen LogP contribution in [0.2, 0.25) is 0 Å². The van der Waals surface area contributed by atoms with Crippen LogP contribution in [0.5, 0.6) is 0 Å². The lowest BCUT2D eigenvalue weighted by Gasteiger charge is -2.29. The third kappa shape index (κ3) is 4.27. The summed E-state index contributed by atoms with van der Waals surface area (Å²) in [5.41, 5.74) is 9.67.